The Bertz CT molecular complexity index is 1480. The van der Waals surface area contributed by atoms with Crippen LogP contribution in [-0.2, 0) is 30.4 Å². The molecular weight excluding hydrogens is 643 g/mol. The molecule has 2 aromatic rings. The quantitative estimate of drug-likeness (QED) is 0.212. The number of aryl methyl sites for hydroxylation is 2. The lowest BCUT2D eigenvalue weighted by Gasteiger charge is -2.38. The number of benzene rings is 2. The number of carboxylic acids is 1. The first kappa shape index (κ1) is 37.7. The number of carbonyl (C=O) groups is 5. The van der Waals surface area contributed by atoms with Gasteiger partial charge in [0.1, 0.15) is 23.9 Å². The number of aliphatic carboxylic acids is 1. The Balaban J connectivity index is 1.93. The minimum atomic E-state index is -1.37. The number of carboxylic acid groups (broad SMARTS) is 1. The van der Waals surface area contributed by atoms with Crippen molar-refractivity contribution in [2.75, 3.05) is 6.54 Å². The van der Waals surface area contributed by atoms with Crippen molar-refractivity contribution in [3.63, 3.8) is 0 Å². The average Bonchev–Trinajstić information content (AvgIpc) is 2.98. The lowest BCUT2D eigenvalue weighted by atomic mass is 9.86. The first-order chi connectivity index (χ1) is 21.8. The summed E-state index contributed by atoms with van der Waals surface area (Å²) in [5, 5.41) is 30.7. The van der Waals surface area contributed by atoms with E-state index < -0.39 is 75.7 Å². The molecule has 2 aromatic carbocycles. The highest BCUT2D eigenvalue weighted by Crippen LogP contribution is 2.46. The van der Waals surface area contributed by atoms with Crippen molar-refractivity contribution >= 4 is 51.2 Å². The number of phenols is 1. The summed E-state index contributed by atoms with van der Waals surface area (Å²) in [5.74, 6) is -4.26. The molecule has 1 saturated heterocycles. The van der Waals surface area contributed by atoms with E-state index in [2.05, 4.69) is 21.3 Å². The molecule has 4 amide bonds. The highest BCUT2D eigenvalue weighted by Gasteiger charge is 2.44. The first-order valence-corrected chi connectivity index (χ1v) is 17.4. The van der Waals surface area contributed by atoms with Crippen LogP contribution in [0.4, 0.5) is 0 Å². The monoisotopic (exact) mass is 687 g/mol. The van der Waals surface area contributed by atoms with E-state index in [1.807, 2.05) is 19.9 Å². The molecule has 0 radical (unpaired) electrons. The van der Waals surface area contributed by atoms with Gasteiger partial charge in [-0.05, 0) is 75.9 Å². The van der Waals surface area contributed by atoms with Crippen molar-refractivity contribution in [3.8, 4) is 5.75 Å². The van der Waals surface area contributed by atoms with Crippen molar-refractivity contribution < 1.29 is 34.2 Å². The Morgan fingerprint density at radius 2 is 1.55 bits per heavy atom. The number of hydrogen-bond donors (Lipinski definition) is 7. The van der Waals surface area contributed by atoms with Crippen molar-refractivity contribution in [1.29, 1.82) is 0 Å². The Morgan fingerprint density at radius 3 is 2.13 bits per heavy atom. The maximum atomic E-state index is 13.7. The third-order valence-corrected chi connectivity index (χ3v) is 12.4. The van der Waals surface area contributed by atoms with Gasteiger partial charge in [0.25, 0.3) is 0 Å². The smallest absolute Gasteiger partial charge is 0.327 e. The fraction of sp³-hybridized carbons (Fsp3) is 0.485. The van der Waals surface area contributed by atoms with Gasteiger partial charge in [0.15, 0.2) is 0 Å². The van der Waals surface area contributed by atoms with E-state index >= 15 is 0 Å². The van der Waals surface area contributed by atoms with Crippen LogP contribution in [0.3, 0.4) is 0 Å². The highest BCUT2D eigenvalue weighted by atomic mass is 33.1. The molecule has 1 heterocycles. The molecular formula is C33H45N5O7S2. The standard InChI is InChI=1S/C33H45N5O7S2/c1-17-13-21(39)14-18(2)24(17)19(3)25(34)29(42)37-26-30(43)35-16-23(40)36-22(15-20-11-9-8-10-12-20)28(41)38-27(31(44)45)33(6,7)47-46-32(26,4)5/h8-14,19,22,25-27,39H,15-16,34H2,1-7H3,(H,35,43)(H,36,40)(H,37,42)(H,38,41)(H,44,45)/t19-,22+,25-,26+,27+/m1/s1. The largest absolute Gasteiger partial charge is 0.508 e. The van der Waals surface area contributed by atoms with Gasteiger partial charge >= 0.3 is 5.97 Å². The summed E-state index contributed by atoms with van der Waals surface area (Å²) in [6.07, 6.45) is 0.0861. The molecule has 14 heteroatoms. The van der Waals surface area contributed by atoms with E-state index in [4.69, 9.17) is 5.73 Å². The molecule has 0 unspecified atom stereocenters. The Kier molecular flexibility index (Phi) is 12.4. The molecule has 8 N–H and O–H groups in total. The minimum absolute atomic E-state index is 0.0861. The summed E-state index contributed by atoms with van der Waals surface area (Å²) in [5.41, 5.74) is 9.52. The van der Waals surface area contributed by atoms with Gasteiger partial charge in [0.05, 0.1) is 17.3 Å². The van der Waals surface area contributed by atoms with Gasteiger partial charge in [-0.2, -0.15) is 0 Å². The summed E-state index contributed by atoms with van der Waals surface area (Å²) in [6, 6.07) is 7.36. The number of nitrogens with one attached hydrogen (secondary N) is 4. The fourth-order valence-corrected chi connectivity index (χ4v) is 8.34. The van der Waals surface area contributed by atoms with Gasteiger partial charge in [-0.15, -0.1) is 0 Å². The third-order valence-electron chi connectivity index (χ3n) is 8.18. The van der Waals surface area contributed by atoms with Gasteiger partial charge in [-0.25, -0.2) is 4.79 Å². The summed E-state index contributed by atoms with van der Waals surface area (Å²) in [6.45, 7) is 11.7. The molecule has 0 saturated carbocycles. The van der Waals surface area contributed by atoms with E-state index in [1.54, 1.807) is 71.0 Å². The first-order valence-electron chi connectivity index (χ1n) is 15.2. The number of hydrogen-bond acceptors (Lipinski definition) is 9. The van der Waals surface area contributed by atoms with Crippen LogP contribution >= 0.6 is 21.6 Å². The maximum absolute atomic E-state index is 13.7. The molecule has 0 spiro atoms. The molecule has 0 bridgehead atoms. The second-order valence-corrected chi connectivity index (χ2v) is 16.4. The topological polar surface area (TPSA) is 200 Å². The Morgan fingerprint density at radius 1 is 0.979 bits per heavy atom. The Hall–Kier alpha value is -3.75. The van der Waals surface area contributed by atoms with Crippen molar-refractivity contribution in [3.05, 3.63) is 64.7 Å². The van der Waals surface area contributed by atoms with Crippen LogP contribution in [0.1, 0.15) is 62.8 Å². The summed E-state index contributed by atoms with van der Waals surface area (Å²) in [7, 11) is 2.33. The molecule has 0 aliphatic carbocycles. The van der Waals surface area contributed by atoms with Gasteiger partial charge in [0.2, 0.25) is 23.6 Å². The summed E-state index contributed by atoms with van der Waals surface area (Å²) < 4.78 is -2.17. The zero-order valence-corrected chi connectivity index (χ0v) is 29.3. The highest BCUT2D eigenvalue weighted by molar-refractivity contribution is 8.77. The van der Waals surface area contributed by atoms with Crippen LogP contribution in [0.25, 0.3) is 0 Å². The normalized spacial score (nSPS) is 23.2. The lowest BCUT2D eigenvalue weighted by Crippen LogP contribution is -2.62. The van der Waals surface area contributed by atoms with Crippen LogP contribution < -0.4 is 27.0 Å². The maximum Gasteiger partial charge on any atom is 0.327 e. The second kappa shape index (κ2) is 15.4. The zero-order chi connectivity index (χ0) is 35.3. The number of phenolic OH excluding ortho intramolecular Hbond substituents is 1. The van der Waals surface area contributed by atoms with E-state index in [0.29, 0.717) is 0 Å². The number of amides is 4. The molecule has 256 valence electrons. The van der Waals surface area contributed by atoms with Crippen molar-refractivity contribution in [1.82, 2.24) is 21.3 Å². The van der Waals surface area contributed by atoms with Crippen LogP contribution in [0.15, 0.2) is 42.5 Å². The number of aromatic hydroxyl groups is 1. The Labute approximate surface area is 283 Å². The second-order valence-electron chi connectivity index (χ2n) is 12.9. The number of rotatable bonds is 7. The average molecular weight is 688 g/mol. The van der Waals surface area contributed by atoms with Gasteiger partial charge in [0, 0.05) is 17.1 Å². The molecule has 5 atom stereocenters. The molecule has 12 nitrogen and oxygen atoms in total. The summed E-state index contributed by atoms with van der Waals surface area (Å²) in [4.78, 5) is 66.3. The van der Waals surface area contributed by atoms with Crippen molar-refractivity contribution in [2.24, 2.45) is 5.73 Å². The van der Waals surface area contributed by atoms with Gasteiger partial charge < -0.3 is 37.2 Å². The lowest BCUT2D eigenvalue weighted by molar-refractivity contribution is -0.143. The fourth-order valence-electron chi connectivity index (χ4n) is 5.53. The molecule has 1 aliphatic rings. The third kappa shape index (κ3) is 9.64. The van der Waals surface area contributed by atoms with E-state index in [-0.39, 0.29) is 12.2 Å². The SMILES string of the molecule is Cc1cc(O)cc(C)c1[C@@H](C)[C@@H](N)C(=O)N[C@H]1C(=O)NCC(=O)N[C@@H](Cc2ccccc2)C(=O)N[C@@H](C(=O)O)C(C)(C)SSC1(C)C. The number of carbonyl (C=O) groups excluding carboxylic acids is 4. The van der Waals surface area contributed by atoms with Gasteiger partial charge in [-0.3, -0.25) is 19.2 Å². The summed E-state index contributed by atoms with van der Waals surface area (Å²) >= 11 is 0. The predicted octanol–water partition coefficient (Wildman–Crippen LogP) is 2.29. The predicted molar refractivity (Wildman–Crippen MR) is 184 cm³/mol. The van der Waals surface area contributed by atoms with Crippen LogP contribution in [-0.4, -0.2) is 80.0 Å². The van der Waals surface area contributed by atoms with E-state index in [1.165, 1.54) is 10.8 Å². The van der Waals surface area contributed by atoms with Crippen LogP contribution in [0, 0.1) is 13.8 Å². The van der Waals surface area contributed by atoms with Gasteiger partial charge in [-0.1, -0.05) is 58.8 Å². The zero-order valence-electron chi connectivity index (χ0n) is 27.7. The molecule has 3 rings (SSSR count). The van der Waals surface area contributed by atoms with Crippen molar-refractivity contribution in [2.45, 2.75) is 94.5 Å². The molecule has 1 aliphatic heterocycles. The van der Waals surface area contributed by atoms with E-state index in [0.717, 1.165) is 33.0 Å². The molecule has 1 fully saturated rings. The van der Waals surface area contributed by atoms with Crippen LogP contribution in [0.2, 0.25) is 0 Å². The van der Waals surface area contributed by atoms with E-state index in [9.17, 15) is 34.2 Å². The van der Waals surface area contributed by atoms with Crippen LogP contribution in [0.5, 0.6) is 5.75 Å². The number of nitrogens with two attached hydrogens (primary N) is 1. The minimum Gasteiger partial charge on any atom is -0.508 e. The molecule has 0 aromatic heterocycles. The molecule has 47 heavy (non-hydrogen) atoms.